The second-order valence-electron chi connectivity index (χ2n) is 6.21. The van der Waals surface area contributed by atoms with Crippen LogP contribution in [-0.2, 0) is 4.79 Å². The molecule has 3 nitrogen and oxygen atoms in total. The quantitative estimate of drug-likeness (QED) is 0.845. The van der Waals surface area contributed by atoms with E-state index in [0.717, 1.165) is 24.2 Å². The van der Waals surface area contributed by atoms with Crippen LogP contribution >= 0.6 is 0 Å². The van der Waals surface area contributed by atoms with E-state index in [2.05, 4.69) is 5.32 Å². The second-order valence-corrected chi connectivity index (χ2v) is 6.21. The Kier molecular flexibility index (Phi) is 5.86. The molecule has 1 aliphatic rings. The summed E-state index contributed by atoms with van der Waals surface area (Å²) in [6, 6.07) is -0.518. The van der Waals surface area contributed by atoms with Gasteiger partial charge >= 0.3 is 6.18 Å². The van der Waals surface area contributed by atoms with Crippen molar-refractivity contribution in [2.75, 3.05) is 19.6 Å². The van der Waals surface area contributed by atoms with Gasteiger partial charge in [0.2, 0.25) is 5.91 Å². The summed E-state index contributed by atoms with van der Waals surface area (Å²) in [5.74, 6) is -0.416. The van der Waals surface area contributed by atoms with Crippen molar-refractivity contribution in [3.05, 3.63) is 0 Å². The zero-order valence-electron chi connectivity index (χ0n) is 12.5. The van der Waals surface area contributed by atoms with Gasteiger partial charge in [-0.3, -0.25) is 4.79 Å². The van der Waals surface area contributed by atoms with Gasteiger partial charge in [0.25, 0.3) is 0 Å². The summed E-state index contributed by atoms with van der Waals surface area (Å²) < 4.78 is 37.9. The molecule has 1 rings (SSSR count). The van der Waals surface area contributed by atoms with Gasteiger partial charge in [0, 0.05) is 6.54 Å². The number of alkyl halides is 3. The van der Waals surface area contributed by atoms with Crippen LogP contribution in [0, 0.1) is 5.41 Å². The molecule has 1 saturated heterocycles. The van der Waals surface area contributed by atoms with Crippen molar-refractivity contribution in [1.82, 2.24) is 10.2 Å². The number of nitrogens with one attached hydrogen (secondary N) is 1. The first-order valence-electron chi connectivity index (χ1n) is 7.26. The maximum absolute atomic E-state index is 12.6. The summed E-state index contributed by atoms with van der Waals surface area (Å²) >= 11 is 0. The van der Waals surface area contributed by atoms with Crippen molar-refractivity contribution in [1.29, 1.82) is 0 Å². The summed E-state index contributed by atoms with van der Waals surface area (Å²) in [5.41, 5.74) is -0.300. The summed E-state index contributed by atoms with van der Waals surface area (Å²) in [6.07, 6.45) is -1.19. The van der Waals surface area contributed by atoms with Crippen LogP contribution < -0.4 is 5.32 Å². The number of carbonyl (C=O) groups is 1. The molecule has 0 spiro atoms. The monoisotopic (exact) mass is 294 g/mol. The molecule has 0 aromatic carbocycles. The van der Waals surface area contributed by atoms with Crippen LogP contribution in [0.25, 0.3) is 0 Å². The molecule has 1 unspecified atom stereocenters. The third-order valence-corrected chi connectivity index (χ3v) is 3.84. The van der Waals surface area contributed by atoms with Gasteiger partial charge in [-0.2, -0.15) is 13.2 Å². The number of rotatable bonds is 5. The zero-order chi connectivity index (χ0) is 15.4. The Labute approximate surface area is 118 Å². The Hall–Kier alpha value is -0.780. The number of hydrogen-bond donors (Lipinski definition) is 1. The van der Waals surface area contributed by atoms with E-state index in [1.54, 1.807) is 0 Å². The third kappa shape index (κ3) is 4.96. The molecule has 1 aliphatic heterocycles. The van der Waals surface area contributed by atoms with Crippen LogP contribution in [0.15, 0.2) is 0 Å². The third-order valence-electron chi connectivity index (χ3n) is 3.84. The topological polar surface area (TPSA) is 32.3 Å². The molecule has 1 amide bonds. The van der Waals surface area contributed by atoms with Crippen molar-refractivity contribution < 1.29 is 18.0 Å². The lowest BCUT2D eigenvalue weighted by molar-refractivity contribution is -0.165. The van der Waals surface area contributed by atoms with E-state index >= 15 is 0 Å². The van der Waals surface area contributed by atoms with Gasteiger partial charge in [-0.15, -0.1) is 0 Å². The molecule has 1 heterocycles. The molecular weight excluding hydrogens is 269 g/mol. The van der Waals surface area contributed by atoms with E-state index in [9.17, 15) is 18.0 Å². The molecular formula is C14H25F3N2O. The first-order valence-corrected chi connectivity index (χ1v) is 7.26. The number of unbranched alkanes of at least 4 members (excludes halogenated alkanes) is 1. The average Bonchev–Trinajstić information content (AvgIpc) is 2.31. The lowest BCUT2D eigenvalue weighted by Crippen LogP contribution is -2.57. The molecule has 6 heteroatoms. The number of amides is 1. The van der Waals surface area contributed by atoms with Crippen molar-refractivity contribution in [3.8, 4) is 0 Å². The molecule has 1 atom stereocenters. The van der Waals surface area contributed by atoms with E-state index in [1.807, 2.05) is 20.8 Å². The molecule has 0 aliphatic carbocycles. The van der Waals surface area contributed by atoms with Crippen LogP contribution in [-0.4, -0.2) is 42.7 Å². The summed E-state index contributed by atoms with van der Waals surface area (Å²) in [6.45, 7) is 5.48. The first-order chi connectivity index (χ1) is 9.17. The summed E-state index contributed by atoms with van der Waals surface area (Å²) in [5, 5.41) is 3.09. The Morgan fingerprint density at radius 3 is 2.55 bits per heavy atom. The Morgan fingerprint density at radius 1 is 1.40 bits per heavy atom. The fourth-order valence-electron chi connectivity index (χ4n) is 2.65. The zero-order valence-corrected chi connectivity index (χ0v) is 12.5. The highest BCUT2D eigenvalue weighted by Crippen LogP contribution is 2.31. The highest BCUT2D eigenvalue weighted by atomic mass is 19.4. The van der Waals surface area contributed by atoms with Crippen molar-refractivity contribution in [3.63, 3.8) is 0 Å². The van der Waals surface area contributed by atoms with Gasteiger partial charge in [-0.05, 0) is 31.2 Å². The molecule has 0 saturated carbocycles. The molecule has 1 N–H and O–H groups in total. The standard InChI is InChI=1S/C14H25F3N2O/c1-4-5-9-19(10-14(15,16)17)12(20)11-13(2,3)7-6-8-18-11/h11,18H,4-10H2,1-3H3. The number of carbonyl (C=O) groups excluding carboxylic acids is 1. The fourth-order valence-corrected chi connectivity index (χ4v) is 2.65. The van der Waals surface area contributed by atoms with Gasteiger partial charge in [-0.25, -0.2) is 0 Å². The fraction of sp³-hybridized carbons (Fsp3) is 0.929. The minimum absolute atomic E-state index is 0.170. The summed E-state index contributed by atoms with van der Waals surface area (Å²) in [4.78, 5) is 13.4. The maximum atomic E-state index is 12.6. The molecule has 0 aromatic heterocycles. The number of hydrogen-bond acceptors (Lipinski definition) is 2. The largest absolute Gasteiger partial charge is 0.406 e. The number of halogens is 3. The van der Waals surface area contributed by atoms with E-state index in [1.165, 1.54) is 0 Å². The molecule has 0 aromatic rings. The van der Waals surface area contributed by atoms with Crippen LogP contribution in [0.1, 0.15) is 46.5 Å². The first kappa shape index (κ1) is 17.3. The molecule has 118 valence electrons. The molecule has 0 radical (unpaired) electrons. The lowest BCUT2D eigenvalue weighted by atomic mass is 9.77. The van der Waals surface area contributed by atoms with Crippen LogP contribution in [0.5, 0.6) is 0 Å². The van der Waals surface area contributed by atoms with Gasteiger partial charge < -0.3 is 10.2 Å². The Morgan fingerprint density at radius 2 is 2.05 bits per heavy atom. The SMILES string of the molecule is CCCCN(CC(F)(F)F)C(=O)C1NCCCC1(C)C. The smallest absolute Gasteiger partial charge is 0.332 e. The number of piperidine rings is 1. The number of nitrogens with zero attached hydrogens (tertiary/aromatic N) is 1. The van der Waals surface area contributed by atoms with Gasteiger partial charge in [0.15, 0.2) is 0 Å². The highest BCUT2D eigenvalue weighted by Gasteiger charge is 2.41. The average molecular weight is 294 g/mol. The minimum atomic E-state index is -4.35. The molecule has 0 bridgehead atoms. The maximum Gasteiger partial charge on any atom is 0.406 e. The van der Waals surface area contributed by atoms with Crippen molar-refractivity contribution in [2.24, 2.45) is 5.41 Å². The highest BCUT2D eigenvalue weighted by molar-refractivity contribution is 5.83. The minimum Gasteiger partial charge on any atom is -0.332 e. The van der Waals surface area contributed by atoms with Crippen LogP contribution in [0.2, 0.25) is 0 Å². The van der Waals surface area contributed by atoms with Gasteiger partial charge in [0.05, 0.1) is 6.04 Å². The molecule has 20 heavy (non-hydrogen) atoms. The van der Waals surface area contributed by atoms with E-state index in [0.29, 0.717) is 13.0 Å². The van der Waals surface area contributed by atoms with Crippen LogP contribution in [0.3, 0.4) is 0 Å². The normalized spacial score (nSPS) is 22.6. The van der Waals surface area contributed by atoms with Crippen molar-refractivity contribution >= 4 is 5.91 Å². The Bertz CT molecular complexity index is 329. The lowest BCUT2D eigenvalue weighted by Gasteiger charge is -2.41. The van der Waals surface area contributed by atoms with E-state index < -0.39 is 24.7 Å². The van der Waals surface area contributed by atoms with E-state index in [-0.39, 0.29) is 12.0 Å². The van der Waals surface area contributed by atoms with Gasteiger partial charge in [0.1, 0.15) is 6.54 Å². The second kappa shape index (κ2) is 6.78. The Balaban J connectivity index is 2.80. The van der Waals surface area contributed by atoms with E-state index in [4.69, 9.17) is 0 Å². The predicted octanol–water partition coefficient (Wildman–Crippen LogP) is 2.96. The van der Waals surface area contributed by atoms with Crippen LogP contribution in [0.4, 0.5) is 13.2 Å². The van der Waals surface area contributed by atoms with Crippen molar-refractivity contribution in [2.45, 2.75) is 58.7 Å². The predicted molar refractivity (Wildman–Crippen MR) is 72.3 cm³/mol. The van der Waals surface area contributed by atoms with Gasteiger partial charge in [-0.1, -0.05) is 27.2 Å². The molecule has 1 fully saturated rings. The summed E-state index contributed by atoms with van der Waals surface area (Å²) in [7, 11) is 0.